The lowest BCUT2D eigenvalue weighted by Crippen LogP contribution is -2.48. The van der Waals surface area contributed by atoms with Crippen molar-refractivity contribution in [3.63, 3.8) is 0 Å². The zero-order valence-corrected chi connectivity index (χ0v) is 15.5. The second-order valence-electron chi connectivity index (χ2n) is 10.1. The molecule has 1 N–H and O–H groups in total. The lowest BCUT2D eigenvalue weighted by atomic mass is 9.63. The Kier molecular flexibility index (Phi) is 5.45. The van der Waals surface area contributed by atoms with Crippen LogP contribution in [0.1, 0.15) is 92.9 Å². The summed E-state index contributed by atoms with van der Waals surface area (Å²) in [4.78, 5) is 0. The van der Waals surface area contributed by atoms with Crippen LogP contribution in [-0.2, 0) is 0 Å². The predicted octanol–water partition coefficient (Wildman–Crippen LogP) is 5.79. The van der Waals surface area contributed by atoms with Gasteiger partial charge in [0.15, 0.2) is 0 Å². The number of hydrogen-bond acceptors (Lipinski definition) is 1. The Morgan fingerprint density at radius 2 is 1.57 bits per heavy atom. The van der Waals surface area contributed by atoms with Crippen LogP contribution in [0.25, 0.3) is 0 Å². The van der Waals surface area contributed by atoms with E-state index in [-0.39, 0.29) is 0 Å². The molecule has 2 aliphatic rings. The summed E-state index contributed by atoms with van der Waals surface area (Å²) in [6, 6.07) is 1.53. The normalized spacial score (nSPS) is 33.3. The molecule has 0 aliphatic heterocycles. The van der Waals surface area contributed by atoms with E-state index < -0.39 is 0 Å². The molecule has 2 fully saturated rings. The summed E-state index contributed by atoms with van der Waals surface area (Å²) < 4.78 is 0. The third kappa shape index (κ3) is 5.58. The van der Waals surface area contributed by atoms with Crippen molar-refractivity contribution in [3.8, 4) is 0 Å². The Hall–Kier alpha value is -0.0400. The Balaban J connectivity index is 1.88. The van der Waals surface area contributed by atoms with E-state index in [1.807, 2.05) is 0 Å². The van der Waals surface area contributed by atoms with Crippen molar-refractivity contribution >= 4 is 0 Å². The standard InChI is InChI=1S/C20H39N/c1-15(2)10-16-8-7-9-17(11-16)21-18-12-19(3,4)14-20(5,6)13-18/h15-18,21H,7-14H2,1-6H3. The molecule has 0 spiro atoms. The molecule has 1 heteroatoms. The van der Waals surface area contributed by atoms with E-state index in [9.17, 15) is 0 Å². The Morgan fingerprint density at radius 3 is 2.14 bits per heavy atom. The summed E-state index contributed by atoms with van der Waals surface area (Å²) in [5.74, 6) is 1.84. The van der Waals surface area contributed by atoms with Crippen LogP contribution in [0.2, 0.25) is 0 Å². The van der Waals surface area contributed by atoms with Crippen molar-refractivity contribution in [3.05, 3.63) is 0 Å². The third-order valence-electron chi connectivity index (χ3n) is 5.61. The maximum Gasteiger partial charge on any atom is 0.00798 e. The predicted molar refractivity (Wildman–Crippen MR) is 93.5 cm³/mol. The lowest BCUT2D eigenvalue weighted by Gasteiger charge is -2.47. The molecule has 0 heterocycles. The van der Waals surface area contributed by atoms with E-state index in [1.54, 1.807) is 0 Å². The fourth-order valence-corrected chi connectivity index (χ4v) is 5.62. The van der Waals surface area contributed by atoms with Crippen molar-refractivity contribution < 1.29 is 0 Å². The van der Waals surface area contributed by atoms with E-state index in [0.29, 0.717) is 10.8 Å². The van der Waals surface area contributed by atoms with Crippen LogP contribution in [0, 0.1) is 22.7 Å². The van der Waals surface area contributed by atoms with Gasteiger partial charge in [0.25, 0.3) is 0 Å². The summed E-state index contributed by atoms with van der Waals surface area (Å²) in [7, 11) is 0. The first-order valence-electron chi connectivity index (χ1n) is 9.41. The van der Waals surface area contributed by atoms with E-state index in [1.165, 1.54) is 51.4 Å². The maximum atomic E-state index is 4.07. The van der Waals surface area contributed by atoms with Gasteiger partial charge in [0.2, 0.25) is 0 Å². The molecular formula is C20H39N. The van der Waals surface area contributed by atoms with Gasteiger partial charge in [0.05, 0.1) is 0 Å². The molecule has 1 nitrogen and oxygen atoms in total. The first-order valence-corrected chi connectivity index (χ1v) is 9.41. The molecule has 0 radical (unpaired) electrons. The summed E-state index contributed by atoms with van der Waals surface area (Å²) >= 11 is 0. The van der Waals surface area contributed by atoms with E-state index in [2.05, 4.69) is 46.9 Å². The molecule has 0 aromatic rings. The van der Waals surface area contributed by atoms with Crippen molar-refractivity contribution in [1.82, 2.24) is 5.32 Å². The second-order valence-corrected chi connectivity index (χ2v) is 10.1. The summed E-state index contributed by atoms with van der Waals surface area (Å²) in [6.45, 7) is 14.6. The quantitative estimate of drug-likeness (QED) is 0.692. The van der Waals surface area contributed by atoms with Crippen LogP contribution in [0.5, 0.6) is 0 Å². The third-order valence-corrected chi connectivity index (χ3v) is 5.61. The van der Waals surface area contributed by atoms with Crippen molar-refractivity contribution in [2.24, 2.45) is 22.7 Å². The topological polar surface area (TPSA) is 12.0 Å². The molecule has 0 aromatic carbocycles. The number of nitrogens with one attached hydrogen (secondary N) is 1. The average molecular weight is 294 g/mol. The van der Waals surface area contributed by atoms with Crippen LogP contribution in [-0.4, -0.2) is 12.1 Å². The molecule has 2 saturated carbocycles. The van der Waals surface area contributed by atoms with Gasteiger partial charge in [-0.3, -0.25) is 0 Å². The van der Waals surface area contributed by atoms with Crippen molar-refractivity contribution in [1.29, 1.82) is 0 Å². The van der Waals surface area contributed by atoms with Crippen LogP contribution in [0.3, 0.4) is 0 Å². The summed E-state index contributed by atoms with van der Waals surface area (Å²) in [6.07, 6.45) is 11.3. The molecule has 21 heavy (non-hydrogen) atoms. The molecular weight excluding hydrogens is 254 g/mol. The van der Waals surface area contributed by atoms with Gasteiger partial charge < -0.3 is 5.32 Å². The van der Waals surface area contributed by atoms with Gasteiger partial charge in [-0.25, -0.2) is 0 Å². The molecule has 2 rings (SSSR count). The fraction of sp³-hybridized carbons (Fsp3) is 1.00. The Morgan fingerprint density at radius 1 is 0.952 bits per heavy atom. The first-order chi connectivity index (χ1) is 9.65. The summed E-state index contributed by atoms with van der Waals surface area (Å²) in [5.41, 5.74) is 1.01. The summed E-state index contributed by atoms with van der Waals surface area (Å²) in [5, 5.41) is 4.07. The largest absolute Gasteiger partial charge is 0.311 e. The minimum absolute atomic E-state index is 0.505. The molecule has 2 unspecified atom stereocenters. The molecule has 0 bridgehead atoms. The molecule has 0 saturated heterocycles. The highest BCUT2D eigenvalue weighted by Crippen LogP contribution is 2.46. The van der Waals surface area contributed by atoms with Gasteiger partial charge >= 0.3 is 0 Å². The monoisotopic (exact) mass is 293 g/mol. The molecule has 124 valence electrons. The minimum Gasteiger partial charge on any atom is -0.311 e. The number of hydrogen-bond donors (Lipinski definition) is 1. The average Bonchev–Trinajstić information content (AvgIpc) is 2.23. The highest BCUT2D eigenvalue weighted by atomic mass is 15.0. The highest BCUT2D eigenvalue weighted by Gasteiger charge is 2.39. The molecule has 2 aliphatic carbocycles. The molecule has 0 aromatic heterocycles. The molecule has 2 atom stereocenters. The van der Waals surface area contributed by atoms with Gasteiger partial charge in [0.1, 0.15) is 0 Å². The smallest absolute Gasteiger partial charge is 0.00798 e. The van der Waals surface area contributed by atoms with E-state index in [4.69, 9.17) is 0 Å². The van der Waals surface area contributed by atoms with Gasteiger partial charge in [-0.1, -0.05) is 54.4 Å². The zero-order valence-electron chi connectivity index (χ0n) is 15.5. The van der Waals surface area contributed by atoms with Crippen LogP contribution in [0.15, 0.2) is 0 Å². The van der Waals surface area contributed by atoms with Crippen molar-refractivity contribution in [2.75, 3.05) is 0 Å². The number of rotatable bonds is 4. The zero-order chi connectivity index (χ0) is 15.7. The van der Waals surface area contributed by atoms with Gasteiger partial charge in [-0.15, -0.1) is 0 Å². The van der Waals surface area contributed by atoms with Gasteiger partial charge in [-0.2, -0.15) is 0 Å². The Labute approximate surface area is 133 Å². The SMILES string of the molecule is CC(C)CC1CCCC(NC2CC(C)(C)CC(C)(C)C2)C1. The highest BCUT2D eigenvalue weighted by molar-refractivity contribution is 4.94. The fourth-order valence-electron chi connectivity index (χ4n) is 5.62. The lowest BCUT2D eigenvalue weighted by molar-refractivity contribution is 0.0748. The van der Waals surface area contributed by atoms with Gasteiger partial charge in [0, 0.05) is 12.1 Å². The minimum atomic E-state index is 0.505. The second kappa shape index (κ2) is 6.60. The van der Waals surface area contributed by atoms with E-state index >= 15 is 0 Å². The van der Waals surface area contributed by atoms with Crippen molar-refractivity contribution in [2.45, 2.75) is 105 Å². The van der Waals surface area contributed by atoms with E-state index in [0.717, 1.165) is 23.9 Å². The van der Waals surface area contributed by atoms with Crippen LogP contribution in [0.4, 0.5) is 0 Å². The molecule has 0 amide bonds. The first kappa shape index (κ1) is 17.3. The van der Waals surface area contributed by atoms with Crippen LogP contribution >= 0.6 is 0 Å². The Bertz CT molecular complexity index is 313. The maximum absolute atomic E-state index is 4.07. The van der Waals surface area contributed by atoms with Crippen LogP contribution < -0.4 is 5.32 Å². The van der Waals surface area contributed by atoms with Gasteiger partial charge in [-0.05, 0) is 61.2 Å².